The van der Waals surface area contributed by atoms with Gasteiger partial charge in [-0.3, -0.25) is 14.9 Å². The van der Waals surface area contributed by atoms with E-state index in [1.807, 2.05) is 6.07 Å². The van der Waals surface area contributed by atoms with Crippen molar-refractivity contribution in [2.24, 2.45) is 0 Å². The Hall–Kier alpha value is -3.01. The SMILES string of the molecule is CC(=O)C(=Cc1ccc([N+](=O)[O-])cc1)C(=O)OCCC#N. The van der Waals surface area contributed by atoms with E-state index in [2.05, 4.69) is 0 Å². The minimum Gasteiger partial charge on any atom is -0.461 e. The first-order chi connectivity index (χ1) is 9.95. The van der Waals surface area contributed by atoms with E-state index >= 15 is 0 Å². The molecule has 0 heterocycles. The number of nitrogens with zero attached hydrogens (tertiary/aromatic N) is 2. The molecule has 0 N–H and O–H groups in total. The lowest BCUT2D eigenvalue weighted by atomic mass is 10.1. The minimum atomic E-state index is -0.823. The van der Waals surface area contributed by atoms with Gasteiger partial charge in [0, 0.05) is 12.1 Å². The smallest absolute Gasteiger partial charge is 0.341 e. The number of non-ortho nitro benzene ring substituents is 1. The van der Waals surface area contributed by atoms with Crippen LogP contribution in [0.4, 0.5) is 5.69 Å². The normalized spacial score (nSPS) is 10.6. The van der Waals surface area contributed by atoms with Crippen LogP contribution in [0, 0.1) is 21.4 Å². The average Bonchev–Trinajstić information content (AvgIpc) is 2.45. The van der Waals surface area contributed by atoms with E-state index in [0.29, 0.717) is 5.56 Å². The summed E-state index contributed by atoms with van der Waals surface area (Å²) in [5, 5.41) is 18.9. The maximum atomic E-state index is 11.7. The summed E-state index contributed by atoms with van der Waals surface area (Å²) >= 11 is 0. The molecule has 1 rings (SSSR count). The van der Waals surface area contributed by atoms with E-state index in [4.69, 9.17) is 10.00 Å². The monoisotopic (exact) mass is 288 g/mol. The first-order valence-electron chi connectivity index (χ1n) is 5.97. The van der Waals surface area contributed by atoms with Crippen LogP contribution in [0.15, 0.2) is 29.8 Å². The highest BCUT2D eigenvalue weighted by atomic mass is 16.6. The summed E-state index contributed by atoms with van der Waals surface area (Å²) < 4.78 is 4.78. The maximum Gasteiger partial charge on any atom is 0.341 e. The predicted molar refractivity (Wildman–Crippen MR) is 72.9 cm³/mol. The number of nitriles is 1. The lowest BCUT2D eigenvalue weighted by molar-refractivity contribution is -0.384. The molecule has 0 aliphatic rings. The summed E-state index contributed by atoms with van der Waals surface area (Å²) in [5.41, 5.74) is 0.193. The minimum absolute atomic E-state index is 0.0362. The van der Waals surface area contributed by atoms with Crippen molar-refractivity contribution in [2.75, 3.05) is 6.61 Å². The zero-order chi connectivity index (χ0) is 15.8. The van der Waals surface area contributed by atoms with Crippen LogP contribution in [-0.2, 0) is 14.3 Å². The second-order valence-corrected chi connectivity index (χ2v) is 4.01. The molecule has 0 aliphatic carbocycles. The van der Waals surface area contributed by atoms with Crippen molar-refractivity contribution in [3.8, 4) is 6.07 Å². The van der Waals surface area contributed by atoms with Gasteiger partial charge < -0.3 is 4.74 Å². The Balaban J connectivity index is 2.94. The number of nitro benzene ring substituents is 1. The number of carbonyl (C=O) groups is 2. The van der Waals surface area contributed by atoms with Gasteiger partial charge in [-0.25, -0.2) is 4.79 Å². The van der Waals surface area contributed by atoms with E-state index in [0.717, 1.165) is 0 Å². The van der Waals surface area contributed by atoms with Crippen LogP contribution < -0.4 is 0 Å². The largest absolute Gasteiger partial charge is 0.461 e. The standard InChI is InChI=1S/C14H12N2O5/c1-10(17)13(14(18)21-8-2-7-15)9-11-3-5-12(6-4-11)16(19)20/h3-6,9H,2,8H2,1H3. The van der Waals surface area contributed by atoms with Gasteiger partial charge in [0.2, 0.25) is 0 Å². The zero-order valence-corrected chi connectivity index (χ0v) is 11.2. The summed E-state index contributed by atoms with van der Waals surface area (Å²) in [6.07, 6.45) is 1.33. The van der Waals surface area contributed by atoms with E-state index in [1.54, 1.807) is 0 Å². The highest BCUT2D eigenvalue weighted by molar-refractivity contribution is 6.19. The Labute approximate surface area is 120 Å². The highest BCUT2D eigenvalue weighted by Crippen LogP contribution is 2.15. The fourth-order valence-corrected chi connectivity index (χ4v) is 1.43. The zero-order valence-electron chi connectivity index (χ0n) is 11.2. The summed E-state index contributed by atoms with van der Waals surface area (Å²) in [4.78, 5) is 33.2. The fourth-order valence-electron chi connectivity index (χ4n) is 1.43. The molecule has 0 aliphatic heterocycles. The molecule has 0 amide bonds. The first-order valence-corrected chi connectivity index (χ1v) is 5.97. The van der Waals surface area contributed by atoms with Crippen LogP contribution >= 0.6 is 0 Å². The second kappa shape index (κ2) is 7.55. The predicted octanol–water partition coefficient (Wildman–Crippen LogP) is 2.02. The Morgan fingerprint density at radius 2 is 2.00 bits per heavy atom. The van der Waals surface area contributed by atoms with Crippen LogP contribution in [0.25, 0.3) is 6.08 Å². The maximum absolute atomic E-state index is 11.7. The number of nitro groups is 1. The lowest BCUT2D eigenvalue weighted by Gasteiger charge is -2.04. The van der Waals surface area contributed by atoms with Gasteiger partial charge >= 0.3 is 5.97 Å². The van der Waals surface area contributed by atoms with E-state index in [-0.39, 0.29) is 24.3 Å². The van der Waals surface area contributed by atoms with Gasteiger partial charge in [-0.05, 0) is 30.7 Å². The molecule has 0 aromatic heterocycles. The molecular weight excluding hydrogens is 276 g/mol. The van der Waals surface area contributed by atoms with Gasteiger partial charge in [0.1, 0.15) is 12.2 Å². The third kappa shape index (κ3) is 4.87. The molecule has 0 bridgehead atoms. The number of benzene rings is 1. The Bertz CT molecular complexity index is 626. The van der Waals surface area contributed by atoms with Crippen LogP contribution in [0.1, 0.15) is 18.9 Å². The molecule has 0 fully saturated rings. The Morgan fingerprint density at radius 3 is 2.48 bits per heavy atom. The van der Waals surface area contributed by atoms with Gasteiger partial charge in [0.05, 0.1) is 17.4 Å². The lowest BCUT2D eigenvalue weighted by Crippen LogP contribution is -2.14. The van der Waals surface area contributed by atoms with Crippen LogP contribution in [0.2, 0.25) is 0 Å². The molecule has 0 spiro atoms. The van der Waals surface area contributed by atoms with Gasteiger partial charge in [-0.2, -0.15) is 5.26 Å². The number of ether oxygens (including phenoxy) is 1. The molecular formula is C14H12N2O5. The Kier molecular flexibility index (Phi) is 5.77. The number of hydrogen-bond acceptors (Lipinski definition) is 6. The van der Waals surface area contributed by atoms with E-state index in [1.165, 1.54) is 37.3 Å². The average molecular weight is 288 g/mol. The summed E-state index contributed by atoms with van der Waals surface area (Å²) in [6, 6.07) is 7.19. The number of Topliss-reactive ketones (excluding diaryl/α,β-unsaturated/α-hetero) is 1. The second-order valence-electron chi connectivity index (χ2n) is 4.01. The van der Waals surface area contributed by atoms with E-state index in [9.17, 15) is 19.7 Å². The number of esters is 1. The Morgan fingerprint density at radius 1 is 1.38 bits per heavy atom. The molecule has 21 heavy (non-hydrogen) atoms. The fraction of sp³-hybridized carbons (Fsp3) is 0.214. The van der Waals surface area contributed by atoms with Crippen molar-refractivity contribution in [1.29, 1.82) is 5.26 Å². The molecule has 7 nitrogen and oxygen atoms in total. The third-order valence-electron chi connectivity index (χ3n) is 2.46. The number of ketones is 1. The van der Waals surface area contributed by atoms with Crippen molar-refractivity contribution in [2.45, 2.75) is 13.3 Å². The molecule has 1 aromatic carbocycles. The van der Waals surface area contributed by atoms with Crippen molar-refractivity contribution in [3.05, 3.63) is 45.5 Å². The number of rotatable bonds is 6. The quantitative estimate of drug-likeness (QED) is 0.151. The van der Waals surface area contributed by atoms with Crippen LogP contribution in [-0.4, -0.2) is 23.3 Å². The van der Waals surface area contributed by atoms with Gasteiger partial charge in [0.15, 0.2) is 5.78 Å². The van der Waals surface area contributed by atoms with E-state index < -0.39 is 16.7 Å². The van der Waals surface area contributed by atoms with Gasteiger partial charge in [-0.15, -0.1) is 0 Å². The number of hydrogen-bond donors (Lipinski definition) is 0. The molecule has 0 radical (unpaired) electrons. The van der Waals surface area contributed by atoms with Gasteiger partial charge in [0.25, 0.3) is 5.69 Å². The summed E-state index contributed by atoms with van der Waals surface area (Å²) in [5.74, 6) is -1.31. The third-order valence-corrected chi connectivity index (χ3v) is 2.46. The summed E-state index contributed by atoms with van der Waals surface area (Å²) in [6.45, 7) is 1.11. The summed E-state index contributed by atoms with van der Waals surface area (Å²) in [7, 11) is 0. The van der Waals surface area contributed by atoms with Crippen molar-refractivity contribution < 1.29 is 19.2 Å². The number of carbonyl (C=O) groups excluding carboxylic acids is 2. The highest BCUT2D eigenvalue weighted by Gasteiger charge is 2.16. The molecule has 108 valence electrons. The van der Waals surface area contributed by atoms with Crippen LogP contribution in [0.5, 0.6) is 0 Å². The van der Waals surface area contributed by atoms with Crippen molar-refractivity contribution in [3.63, 3.8) is 0 Å². The molecule has 0 unspecified atom stereocenters. The molecule has 1 aromatic rings. The van der Waals surface area contributed by atoms with Crippen molar-refractivity contribution >= 4 is 23.5 Å². The topological polar surface area (TPSA) is 110 Å². The molecule has 0 saturated carbocycles. The van der Waals surface area contributed by atoms with Gasteiger partial charge in [-0.1, -0.05) is 0 Å². The molecule has 7 heteroatoms. The first kappa shape index (κ1) is 16.0. The molecule has 0 saturated heterocycles. The van der Waals surface area contributed by atoms with Crippen LogP contribution in [0.3, 0.4) is 0 Å². The molecule has 0 atom stereocenters. The van der Waals surface area contributed by atoms with Crippen molar-refractivity contribution in [1.82, 2.24) is 0 Å².